The SMILES string of the molecule is CN(c1ccc(-c2ccc(-n3cc(N)cn3)cc2O)nn1)C1CC2CC[C@H](C1)N2. The lowest BCUT2D eigenvalue weighted by molar-refractivity contribution is 0.353. The van der Waals surface area contributed by atoms with Crippen molar-refractivity contribution >= 4 is 11.5 Å². The molecule has 2 unspecified atom stereocenters. The molecule has 3 aromatic rings. The van der Waals surface area contributed by atoms with Gasteiger partial charge in [-0.25, -0.2) is 4.68 Å². The number of piperidine rings is 1. The molecule has 2 aromatic heterocycles. The molecule has 2 fully saturated rings. The van der Waals surface area contributed by atoms with E-state index < -0.39 is 0 Å². The predicted molar refractivity (Wildman–Crippen MR) is 112 cm³/mol. The van der Waals surface area contributed by atoms with Crippen molar-refractivity contribution in [3.63, 3.8) is 0 Å². The minimum Gasteiger partial charge on any atom is -0.507 e. The maximum Gasteiger partial charge on any atom is 0.151 e. The highest BCUT2D eigenvalue weighted by Gasteiger charge is 2.35. The Balaban J connectivity index is 1.34. The molecule has 2 aliphatic rings. The summed E-state index contributed by atoms with van der Waals surface area (Å²) in [5.74, 6) is 0.991. The highest BCUT2D eigenvalue weighted by Crippen LogP contribution is 2.32. The summed E-state index contributed by atoms with van der Waals surface area (Å²) >= 11 is 0. The molecule has 0 radical (unpaired) electrons. The van der Waals surface area contributed by atoms with Gasteiger partial charge in [-0.05, 0) is 49.9 Å². The molecular weight excluding hydrogens is 366 g/mol. The zero-order chi connectivity index (χ0) is 20.0. The van der Waals surface area contributed by atoms with Crippen LogP contribution in [0.3, 0.4) is 0 Å². The zero-order valence-electron chi connectivity index (χ0n) is 16.4. The first-order valence-corrected chi connectivity index (χ1v) is 10.0. The zero-order valence-corrected chi connectivity index (χ0v) is 16.4. The third-order valence-electron chi connectivity index (χ3n) is 6.13. The molecule has 0 amide bonds. The van der Waals surface area contributed by atoms with Gasteiger partial charge in [-0.2, -0.15) is 5.10 Å². The summed E-state index contributed by atoms with van der Waals surface area (Å²) in [4.78, 5) is 2.24. The fourth-order valence-corrected chi connectivity index (χ4v) is 4.54. The van der Waals surface area contributed by atoms with Crippen LogP contribution in [-0.2, 0) is 0 Å². The summed E-state index contributed by atoms with van der Waals surface area (Å²) in [5.41, 5.74) is 8.28. The van der Waals surface area contributed by atoms with Crippen molar-refractivity contribution in [1.82, 2.24) is 25.3 Å². The Bertz CT molecular complexity index is 1000. The van der Waals surface area contributed by atoms with Gasteiger partial charge in [0.15, 0.2) is 5.82 Å². The molecule has 8 nitrogen and oxygen atoms in total. The molecule has 0 saturated carbocycles. The van der Waals surface area contributed by atoms with Gasteiger partial charge in [0.2, 0.25) is 0 Å². The van der Waals surface area contributed by atoms with Gasteiger partial charge in [-0.15, -0.1) is 10.2 Å². The van der Waals surface area contributed by atoms with E-state index in [0.29, 0.717) is 35.1 Å². The van der Waals surface area contributed by atoms with Gasteiger partial charge in [0.25, 0.3) is 0 Å². The lowest BCUT2D eigenvalue weighted by Crippen LogP contribution is -2.47. The van der Waals surface area contributed by atoms with E-state index in [1.165, 1.54) is 12.8 Å². The second-order valence-electron chi connectivity index (χ2n) is 8.07. The smallest absolute Gasteiger partial charge is 0.151 e. The maximum atomic E-state index is 10.5. The number of fused-ring (bicyclic) bond motifs is 2. The molecule has 2 aliphatic heterocycles. The summed E-state index contributed by atoms with van der Waals surface area (Å²) in [5, 5.41) is 27.2. The van der Waals surface area contributed by atoms with Gasteiger partial charge < -0.3 is 21.1 Å². The van der Waals surface area contributed by atoms with Crippen LogP contribution in [0.1, 0.15) is 25.7 Å². The number of rotatable bonds is 4. The standard InChI is InChI=1S/C21H25N7O/c1-27(17-8-14-2-3-15(9-17)24-14)21-7-6-19(25-26-21)18-5-4-16(10-20(18)29)28-12-13(22)11-23-28/h4-7,10-12,14-15,17,24,29H,2-3,8-9,22H2,1H3/t14-,15?,17?/m1/s1. The lowest BCUT2D eigenvalue weighted by atomic mass is 9.98. The number of nitrogens with two attached hydrogens (primary N) is 1. The summed E-state index contributed by atoms with van der Waals surface area (Å²) in [6.45, 7) is 0. The second-order valence-corrected chi connectivity index (χ2v) is 8.07. The summed E-state index contributed by atoms with van der Waals surface area (Å²) in [7, 11) is 2.10. The topological polar surface area (TPSA) is 105 Å². The third kappa shape index (κ3) is 3.40. The third-order valence-corrected chi connectivity index (χ3v) is 6.13. The molecular formula is C21H25N7O. The maximum absolute atomic E-state index is 10.5. The second kappa shape index (κ2) is 7.04. The number of hydrogen-bond acceptors (Lipinski definition) is 7. The van der Waals surface area contributed by atoms with Crippen molar-refractivity contribution in [2.24, 2.45) is 0 Å². The van der Waals surface area contributed by atoms with Crippen LogP contribution in [0.5, 0.6) is 5.75 Å². The molecule has 4 N–H and O–H groups in total. The summed E-state index contributed by atoms with van der Waals surface area (Å²) < 4.78 is 1.62. The molecule has 29 heavy (non-hydrogen) atoms. The average Bonchev–Trinajstić information content (AvgIpc) is 3.32. The minimum atomic E-state index is 0.127. The molecule has 150 valence electrons. The van der Waals surface area contributed by atoms with Crippen LogP contribution in [0, 0.1) is 0 Å². The first-order chi connectivity index (χ1) is 14.1. The Hall–Kier alpha value is -3.13. The monoisotopic (exact) mass is 391 g/mol. The summed E-state index contributed by atoms with van der Waals surface area (Å²) in [6, 6.07) is 11.0. The van der Waals surface area contributed by atoms with Crippen molar-refractivity contribution < 1.29 is 5.11 Å². The van der Waals surface area contributed by atoms with E-state index in [1.54, 1.807) is 23.1 Å². The van der Waals surface area contributed by atoms with E-state index in [4.69, 9.17) is 5.73 Å². The Morgan fingerprint density at radius 2 is 1.93 bits per heavy atom. The van der Waals surface area contributed by atoms with Crippen LogP contribution in [0.4, 0.5) is 11.5 Å². The van der Waals surface area contributed by atoms with Crippen LogP contribution in [0.15, 0.2) is 42.7 Å². The molecule has 8 heteroatoms. The van der Waals surface area contributed by atoms with Gasteiger partial charge in [0, 0.05) is 36.8 Å². The molecule has 4 heterocycles. The minimum absolute atomic E-state index is 0.127. The number of phenols is 1. The molecule has 2 saturated heterocycles. The van der Waals surface area contributed by atoms with E-state index in [1.807, 2.05) is 24.3 Å². The number of hydrogen-bond donors (Lipinski definition) is 3. The molecule has 2 bridgehead atoms. The fraction of sp³-hybridized carbons (Fsp3) is 0.381. The largest absolute Gasteiger partial charge is 0.507 e. The number of nitrogens with one attached hydrogen (secondary N) is 1. The fourth-order valence-electron chi connectivity index (χ4n) is 4.54. The van der Waals surface area contributed by atoms with Crippen LogP contribution >= 0.6 is 0 Å². The number of aromatic nitrogens is 4. The van der Waals surface area contributed by atoms with Crippen molar-refractivity contribution in [1.29, 1.82) is 0 Å². The molecule has 1 aromatic carbocycles. The van der Waals surface area contributed by atoms with Crippen LogP contribution in [-0.4, -0.2) is 50.3 Å². The molecule has 0 spiro atoms. The number of benzene rings is 1. The Kier molecular flexibility index (Phi) is 4.35. The summed E-state index contributed by atoms with van der Waals surface area (Å²) in [6.07, 6.45) is 8.12. The van der Waals surface area contributed by atoms with Gasteiger partial charge >= 0.3 is 0 Å². The van der Waals surface area contributed by atoms with Crippen molar-refractivity contribution in [2.45, 2.75) is 43.8 Å². The Morgan fingerprint density at radius 1 is 1.14 bits per heavy atom. The van der Waals surface area contributed by atoms with Crippen molar-refractivity contribution in [2.75, 3.05) is 17.7 Å². The quantitative estimate of drug-likeness (QED) is 0.627. The van der Waals surface area contributed by atoms with Gasteiger partial charge in [-0.1, -0.05) is 0 Å². The van der Waals surface area contributed by atoms with E-state index in [-0.39, 0.29) is 5.75 Å². The molecule has 3 atom stereocenters. The first-order valence-electron chi connectivity index (χ1n) is 10.0. The van der Waals surface area contributed by atoms with Gasteiger partial charge in [0.1, 0.15) is 5.75 Å². The van der Waals surface area contributed by atoms with Crippen molar-refractivity contribution in [3.8, 4) is 22.7 Å². The van der Waals surface area contributed by atoms with E-state index >= 15 is 0 Å². The Labute approximate surface area is 169 Å². The number of aromatic hydroxyl groups is 1. The Morgan fingerprint density at radius 3 is 2.55 bits per heavy atom. The highest BCUT2D eigenvalue weighted by molar-refractivity contribution is 5.69. The van der Waals surface area contributed by atoms with Gasteiger partial charge in [-0.3, -0.25) is 0 Å². The van der Waals surface area contributed by atoms with Crippen LogP contribution in [0.25, 0.3) is 16.9 Å². The van der Waals surface area contributed by atoms with E-state index in [2.05, 4.69) is 32.6 Å². The normalized spacial score (nSPS) is 23.3. The number of phenolic OH excluding ortho intramolecular Hbond substituents is 1. The molecule has 0 aliphatic carbocycles. The van der Waals surface area contributed by atoms with E-state index in [0.717, 1.165) is 24.3 Å². The first kappa shape index (κ1) is 17.9. The number of nitrogens with zero attached hydrogens (tertiary/aromatic N) is 5. The van der Waals surface area contributed by atoms with Gasteiger partial charge in [0.05, 0.1) is 29.5 Å². The van der Waals surface area contributed by atoms with Crippen LogP contribution < -0.4 is 16.0 Å². The lowest BCUT2D eigenvalue weighted by Gasteiger charge is -2.36. The van der Waals surface area contributed by atoms with E-state index in [9.17, 15) is 5.11 Å². The number of anilines is 2. The van der Waals surface area contributed by atoms with Crippen LogP contribution in [0.2, 0.25) is 0 Å². The number of nitrogen functional groups attached to an aromatic ring is 1. The average molecular weight is 391 g/mol. The predicted octanol–water partition coefficient (Wildman–Crippen LogP) is 2.34. The highest BCUT2D eigenvalue weighted by atomic mass is 16.3. The van der Waals surface area contributed by atoms with Crippen molar-refractivity contribution in [3.05, 3.63) is 42.7 Å². The molecule has 5 rings (SSSR count).